The number of anilines is 1. The highest BCUT2D eigenvalue weighted by atomic mass is 32.2. The fourth-order valence-corrected chi connectivity index (χ4v) is 3.52. The van der Waals surface area contributed by atoms with Gasteiger partial charge in [-0.15, -0.1) is 0 Å². The molecular weight excluding hydrogens is 326 g/mol. The van der Waals surface area contributed by atoms with Crippen molar-refractivity contribution in [3.63, 3.8) is 0 Å². The number of aromatic amines is 1. The molecule has 0 saturated heterocycles. The van der Waals surface area contributed by atoms with Gasteiger partial charge in [0.25, 0.3) is 0 Å². The second kappa shape index (κ2) is 5.97. The summed E-state index contributed by atoms with van der Waals surface area (Å²) in [6.07, 6.45) is 2.92. The summed E-state index contributed by atoms with van der Waals surface area (Å²) in [5.41, 5.74) is 2.90. The zero-order valence-corrected chi connectivity index (χ0v) is 13.6. The molecule has 1 aromatic carbocycles. The number of para-hydroxylation sites is 1. The number of rotatable bonds is 3. The van der Waals surface area contributed by atoms with Crippen molar-refractivity contribution < 1.29 is 9.53 Å². The maximum absolute atomic E-state index is 12.6. The fraction of sp³-hybridized carbons (Fsp3) is 0.125. The standard InChI is InChI=1S/C16H13N5O2S/c1-2-23-16(22)11(12-13-14(19-7-17-12)20-8-18-13)15-21-9-5-3-4-6-10(9)24-15/h3-8,21H,2H2,1H3,(H,17,18,19,20). The molecule has 0 radical (unpaired) electrons. The zero-order valence-electron chi connectivity index (χ0n) is 12.7. The van der Waals surface area contributed by atoms with Gasteiger partial charge in [0.1, 0.15) is 23.1 Å². The van der Waals surface area contributed by atoms with Crippen molar-refractivity contribution in [2.75, 3.05) is 11.9 Å². The molecule has 7 nitrogen and oxygen atoms in total. The summed E-state index contributed by atoms with van der Waals surface area (Å²) >= 11 is 1.48. The Morgan fingerprint density at radius 3 is 2.96 bits per heavy atom. The maximum atomic E-state index is 12.6. The Morgan fingerprint density at radius 2 is 2.12 bits per heavy atom. The van der Waals surface area contributed by atoms with E-state index in [4.69, 9.17) is 4.74 Å². The molecule has 3 aromatic rings. The van der Waals surface area contributed by atoms with Crippen molar-refractivity contribution in [2.24, 2.45) is 0 Å². The number of hydrogen-bond donors (Lipinski definition) is 2. The van der Waals surface area contributed by atoms with Gasteiger partial charge in [0.15, 0.2) is 5.65 Å². The summed E-state index contributed by atoms with van der Waals surface area (Å²) in [5, 5.41) is 3.96. The number of hydrogen-bond acceptors (Lipinski definition) is 7. The topological polar surface area (TPSA) is 92.8 Å². The van der Waals surface area contributed by atoms with Crippen molar-refractivity contribution in [3.05, 3.63) is 47.6 Å². The van der Waals surface area contributed by atoms with E-state index < -0.39 is 5.97 Å². The van der Waals surface area contributed by atoms with Gasteiger partial charge in [-0.05, 0) is 19.1 Å². The van der Waals surface area contributed by atoms with Gasteiger partial charge in [0.2, 0.25) is 0 Å². The Balaban J connectivity index is 1.89. The fourth-order valence-electron chi connectivity index (χ4n) is 2.48. The van der Waals surface area contributed by atoms with Crippen LogP contribution in [0.3, 0.4) is 0 Å². The molecule has 3 heterocycles. The molecule has 8 heteroatoms. The summed E-state index contributed by atoms with van der Waals surface area (Å²) in [6, 6.07) is 7.85. The van der Waals surface area contributed by atoms with Crippen molar-refractivity contribution >= 4 is 40.2 Å². The molecule has 0 amide bonds. The number of esters is 1. The van der Waals surface area contributed by atoms with E-state index in [-0.39, 0.29) is 6.61 Å². The Kier molecular flexibility index (Phi) is 3.66. The molecule has 0 aliphatic carbocycles. The summed E-state index contributed by atoms with van der Waals surface area (Å²) in [6.45, 7) is 2.06. The Bertz CT molecular complexity index is 939. The van der Waals surface area contributed by atoms with Crippen LogP contribution < -0.4 is 5.32 Å². The van der Waals surface area contributed by atoms with E-state index >= 15 is 0 Å². The lowest BCUT2D eigenvalue weighted by Gasteiger charge is -2.10. The first kappa shape index (κ1) is 14.7. The third-order valence-corrected chi connectivity index (χ3v) is 4.60. The number of aromatic nitrogens is 4. The van der Waals surface area contributed by atoms with Crippen LogP contribution in [0.15, 0.2) is 46.8 Å². The van der Waals surface area contributed by atoms with E-state index in [1.165, 1.54) is 24.4 Å². The van der Waals surface area contributed by atoms with Gasteiger partial charge < -0.3 is 15.0 Å². The molecule has 0 fully saturated rings. The normalized spacial score (nSPS) is 15.0. The lowest BCUT2D eigenvalue weighted by molar-refractivity contribution is -0.136. The average molecular weight is 339 g/mol. The number of imidazole rings is 1. The molecule has 0 unspecified atom stereocenters. The van der Waals surface area contributed by atoms with Gasteiger partial charge in [0, 0.05) is 4.90 Å². The van der Waals surface area contributed by atoms with Crippen LogP contribution in [0.2, 0.25) is 0 Å². The van der Waals surface area contributed by atoms with E-state index in [2.05, 4.69) is 25.3 Å². The number of ether oxygens (including phenoxy) is 1. The number of nitrogens with zero attached hydrogens (tertiary/aromatic N) is 3. The van der Waals surface area contributed by atoms with Gasteiger partial charge in [-0.25, -0.2) is 19.7 Å². The molecule has 0 saturated carbocycles. The third-order valence-electron chi connectivity index (χ3n) is 3.51. The second-order valence-electron chi connectivity index (χ2n) is 4.97. The predicted molar refractivity (Wildman–Crippen MR) is 91.2 cm³/mol. The minimum Gasteiger partial charge on any atom is -0.462 e. The van der Waals surface area contributed by atoms with E-state index in [0.717, 1.165) is 10.6 Å². The smallest absolute Gasteiger partial charge is 0.343 e. The van der Waals surface area contributed by atoms with Gasteiger partial charge in [-0.1, -0.05) is 23.9 Å². The first-order chi connectivity index (χ1) is 11.8. The molecule has 24 heavy (non-hydrogen) atoms. The maximum Gasteiger partial charge on any atom is 0.343 e. The molecule has 0 bridgehead atoms. The van der Waals surface area contributed by atoms with Crippen LogP contribution in [0.4, 0.5) is 5.69 Å². The Hall–Kier alpha value is -2.87. The molecular formula is C16H13N5O2S. The van der Waals surface area contributed by atoms with Crippen molar-refractivity contribution in [1.29, 1.82) is 0 Å². The number of carbonyl (C=O) groups excluding carboxylic acids is 1. The molecule has 4 rings (SSSR count). The quantitative estimate of drug-likeness (QED) is 0.560. The molecule has 2 aromatic heterocycles. The lowest BCUT2D eigenvalue weighted by Crippen LogP contribution is -2.12. The van der Waals surface area contributed by atoms with Crippen LogP contribution in [0.1, 0.15) is 12.6 Å². The summed E-state index contributed by atoms with van der Waals surface area (Å²) < 4.78 is 5.25. The number of fused-ring (bicyclic) bond motifs is 2. The number of nitrogens with one attached hydrogen (secondary N) is 2. The number of thioether (sulfide) groups is 1. The van der Waals surface area contributed by atoms with Crippen molar-refractivity contribution in [2.45, 2.75) is 11.8 Å². The minimum absolute atomic E-state index is 0.282. The summed E-state index contributed by atoms with van der Waals surface area (Å²) in [4.78, 5) is 29.2. The van der Waals surface area contributed by atoms with Crippen molar-refractivity contribution in [3.8, 4) is 0 Å². The van der Waals surface area contributed by atoms with Gasteiger partial charge in [0.05, 0.1) is 23.7 Å². The molecule has 1 aliphatic rings. The highest BCUT2D eigenvalue weighted by Gasteiger charge is 2.28. The number of carbonyl (C=O) groups is 1. The van der Waals surface area contributed by atoms with Gasteiger partial charge in [-0.3, -0.25) is 0 Å². The van der Waals surface area contributed by atoms with Crippen LogP contribution in [-0.4, -0.2) is 32.5 Å². The SMILES string of the molecule is CCOC(=O)C(=C1Nc2ccccc2S1)c1ncnc2nc[nH]c12. The Morgan fingerprint density at radius 1 is 1.25 bits per heavy atom. The van der Waals surface area contributed by atoms with Crippen LogP contribution in [0.25, 0.3) is 16.7 Å². The lowest BCUT2D eigenvalue weighted by atomic mass is 10.1. The second-order valence-corrected chi connectivity index (χ2v) is 6.02. The predicted octanol–water partition coefficient (Wildman–Crippen LogP) is 2.80. The molecule has 120 valence electrons. The highest BCUT2D eigenvalue weighted by Crippen LogP contribution is 2.44. The van der Waals surface area contributed by atoms with Crippen molar-refractivity contribution in [1.82, 2.24) is 19.9 Å². The summed E-state index contributed by atoms with van der Waals surface area (Å²) in [7, 11) is 0. The van der Waals surface area contributed by atoms with Crippen LogP contribution in [0, 0.1) is 0 Å². The average Bonchev–Trinajstić information content (AvgIpc) is 3.22. The van der Waals surface area contributed by atoms with Crippen LogP contribution in [0.5, 0.6) is 0 Å². The van der Waals surface area contributed by atoms with Gasteiger partial charge >= 0.3 is 5.97 Å². The largest absolute Gasteiger partial charge is 0.462 e. The number of benzene rings is 1. The van der Waals surface area contributed by atoms with E-state index in [0.29, 0.717) is 27.5 Å². The highest BCUT2D eigenvalue weighted by molar-refractivity contribution is 8.04. The molecule has 0 atom stereocenters. The van der Waals surface area contributed by atoms with Crippen LogP contribution in [-0.2, 0) is 9.53 Å². The number of H-pyrrole nitrogens is 1. The van der Waals surface area contributed by atoms with Gasteiger partial charge in [-0.2, -0.15) is 0 Å². The molecule has 2 N–H and O–H groups in total. The summed E-state index contributed by atoms with van der Waals surface area (Å²) in [5.74, 6) is -0.435. The first-order valence-electron chi connectivity index (χ1n) is 7.37. The van der Waals surface area contributed by atoms with E-state index in [9.17, 15) is 4.79 Å². The van der Waals surface area contributed by atoms with E-state index in [1.807, 2.05) is 24.3 Å². The van der Waals surface area contributed by atoms with E-state index in [1.54, 1.807) is 6.92 Å². The third kappa shape index (κ3) is 2.41. The van der Waals surface area contributed by atoms with Crippen LogP contribution >= 0.6 is 11.8 Å². The monoisotopic (exact) mass is 339 g/mol. The zero-order chi connectivity index (χ0) is 16.5. The molecule has 0 spiro atoms. The first-order valence-corrected chi connectivity index (χ1v) is 8.19. The Labute approximate surface area is 141 Å². The molecule has 1 aliphatic heterocycles. The minimum atomic E-state index is -0.435.